The minimum absolute atomic E-state index is 0.0109. The summed E-state index contributed by atoms with van der Waals surface area (Å²) in [7, 11) is -1.51. The Morgan fingerprint density at radius 2 is 0.632 bits per heavy atom. The fourth-order valence-corrected chi connectivity index (χ4v) is 14.9. The summed E-state index contributed by atoms with van der Waals surface area (Å²) in [5.74, 6) is -13.3. The minimum atomic E-state index is -1.51. The fourth-order valence-electron chi connectivity index (χ4n) is 13.3. The zero-order valence-electron chi connectivity index (χ0n) is 78.0. The number of esters is 9. The molecule has 0 spiro atoms. The number of hydrogen-bond donors (Lipinski definition) is 9. The van der Waals surface area contributed by atoms with Gasteiger partial charge in [-0.1, -0.05) is 0 Å². The highest BCUT2D eigenvalue weighted by Crippen LogP contribution is 2.46. The normalized spacial score (nSPS) is 22.1. The zero-order valence-corrected chi connectivity index (χ0v) is 78.9. The van der Waals surface area contributed by atoms with Gasteiger partial charge < -0.3 is 147 Å². The molecule has 0 aromatic heterocycles. The van der Waals surface area contributed by atoms with Gasteiger partial charge in [0, 0.05) is 147 Å². The van der Waals surface area contributed by atoms with Crippen molar-refractivity contribution in [1.82, 2.24) is 52.5 Å². The Bertz CT molecular complexity index is 3780. The lowest BCUT2D eigenvalue weighted by Gasteiger charge is -2.44. The monoisotopic (exact) mass is 1930 g/mol. The molecule has 3 rings (SSSR count). The number of ether oxygens (including phenoxy) is 19. The van der Waals surface area contributed by atoms with E-state index in [9.17, 15) is 86.3 Å². The standard InChI is InChI=1S/C82H132N11O39P/c1-46(2)93(47(3)4)133(122-30-18-25-83)123-42-38-115-32-26-84-65(106)19-17-20-67(108)91-61(79(111)87-29-34-114-37-41-118-82-71(90-50(7)96)77(129-59(16)105)74(126-56(13)102)64(132-82)45-121-53(10)99)22-24-68(109)92-60(78(110)86-28-33-113-36-40-117-81-70(89-49(6)95)76(128-58(15)104)73(125-55(12)101)63(131-81)44-120-52(9)98)21-23-66(107)85-27-31-112-35-39-116-80-69(88-48(5)94)75(127-57(14)103)72(124-54(11)100)62(130-80)43-119-51(8)97/h46-47,60-64,69-77,80-82H,17-24,26-45H2,1-16H3,(H,84,106)(H,85,107)(H,86,110)(H,87,111)(H,88,94)(H,89,95)(H,90,96)(H,91,108)(H,92,109). The van der Waals surface area contributed by atoms with Gasteiger partial charge in [0.1, 0.15) is 68.3 Å². The maximum absolute atomic E-state index is 14.2. The molecule has 3 heterocycles. The van der Waals surface area contributed by atoms with Crippen molar-refractivity contribution in [2.75, 3.05) is 132 Å². The molecule has 51 heteroatoms. The number of nitrogens with zero attached hydrogens (tertiary/aromatic N) is 2. The van der Waals surface area contributed by atoms with Crippen molar-refractivity contribution >= 4 is 115 Å². The predicted molar refractivity (Wildman–Crippen MR) is 453 cm³/mol. The summed E-state index contributed by atoms with van der Waals surface area (Å²) in [5, 5.41) is 32.6. The Hall–Kier alpha value is -10.1. The zero-order chi connectivity index (χ0) is 99.2. The predicted octanol–water partition coefficient (Wildman–Crippen LogP) is -2.47. The van der Waals surface area contributed by atoms with E-state index >= 15 is 0 Å². The number of amides is 9. The van der Waals surface area contributed by atoms with Crippen molar-refractivity contribution in [3.63, 3.8) is 0 Å². The van der Waals surface area contributed by atoms with E-state index in [2.05, 4.69) is 52.5 Å². The summed E-state index contributed by atoms with van der Waals surface area (Å²) in [5.41, 5.74) is 0. The van der Waals surface area contributed by atoms with Crippen LogP contribution in [-0.2, 0) is 185 Å². The molecule has 0 radical (unpaired) electrons. The fraction of sp³-hybridized carbons (Fsp3) is 0.768. The second kappa shape index (κ2) is 64.7. The molecule has 0 aliphatic carbocycles. The maximum Gasteiger partial charge on any atom is 0.303 e. The van der Waals surface area contributed by atoms with Crippen molar-refractivity contribution in [3.8, 4) is 6.07 Å². The number of carbonyl (C=O) groups excluding carboxylic acids is 18. The Kier molecular flexibility index (Phi) is 56.9. The molecular formula is C82H132N11O39P. The number of nitriles is 1. The molecule has 3 aliphatic rings. The Morgan fingerprint density at radius 3 is 0.940 bits per heavy atom. The van der Waals surface area contributed by atoms with E-state index < -0.39 is 259 Å². The van der Waals surface area contributed by atoms with Crippen molar-refractivity contribution in [1.29, 1.82) is 5.26 Å². The number of rotatable bonds is 63. The van der Waals surface area contributed by atoms with Crippen molar-refractivity contribution < 1.29 is 185 Å². The third-order valence-electron chi connectivity index (χ3n) is 18.5. The summed E-state index contributed by atoms with van der Waals surface area (Å²) in [6.07, 6.45) is -18.5. The van der Waals surface area contributed by atoms with Gasteiger partial charge in [0.25, 0.3) is 8.53 Å². The van der Waals surface area contributed by atoms with Crippen LogP contribution in [-0.4, -0.2) is 360 Å². The molecule has 18 unspecified atom stereocenters. The van der Waals surface area contributed by atoms with Crippen LogP contribution in [0.15, 0.2) is 0 Å². The molecule has 0 aromatic carbocycles. The van der Waals surface area contributed by atoms with E-state index in [0.29, 0.717) is 0 Å². The van der Waals surface area contributed by atoms with Crippen LogP contribution in [0.1, 0.15) is 162 Å². The molecule has 9 amide bonds. The second-order valence-corrected chi connectivity index (χ2v) is 32.0. The number of nitrogens with one attached hydrogen (secondary N) is 9. The SMILES string of the molecule is CC(=O)NC1C(OCCOCCNC(=O)CCC(NC(=O)CCC(NC(=O)CCCC(=O)NCCOCCOP(OCCC#N)N(C(C)C)C(C)C)C(=O)NCCOCCOC2OC(COC(C)=O)C(OC(C)=O)C(OC(C)=O)C2NC(C)=O)C(=O)NCCOCCOC2OC(COC(C)=O)C(OC(C)=O)C(OC(C)=O)C2NC(C)=O)OC(COC(C)=O)C(OC(C)=O)C1OC(C)=O. The van der Waals surface area contributed by atoms with Crippen LogP contribution < -0.4 is 47.9 Å². The van der Waals surface area contributed by atoms with Crippen LogP contribution in [0, 0.1) is 11.3 Å². The minimum Gasteiger partial charge on any atom is -0.463 e. The molecule has 133 heavy (non-hydrogen) atoms. The average Bonchev–Trinajstić information content (AvgIpc) is 0.794. The highest BCUT2D eigenvalue weighted by molar-refractivity contribution is 7.44. The second-order valence-electron chi connectivity index (χ2n) is 30.6. The molecule has 50 nitrogen and oxygen atoms in total. The quantitative estimate of drug-likeness (QED) is 0.0132. The maximum atomic E-state index is 14.2. The van der Waals surface area contributed by atoms with Gasteiger partial charge in [-0.15, -0.1) is 0 Å². The van der Waals surface area contributed by atoms with Crippen LogP contribution in [0.2, 0.25) is 0 Å². The first-order valence-electron chi connectivity index (χ1n) is 43.3. The first kappa shape index (κ1) is 117. The van der Waals surface area contributed by atoms with E-state index in [1.165, 1.54) is 0 Å². The van der Waals surface area contributed by atoms with Crippen LogP contribution in [0.4, 0.5) is 0 Å². The molecule has 3 aliphatic heterocycles. The summed E-state index contributed by atoms with van der Waals surface area (Å²) in [6, 6.07) is -4.61. The highest BCUT2D eigenvalue weighted by atomic mass is 31.2. The van der Waals surface area contributed by atoms with Gasteiger partial charge in [0.15, 0.2) is 55.5 Å². The van der Waals surface area contributed by atoms with E-state index in [-0.39, 0.29) is 156 Å². The van der Waals surface area contributed by atoms with Crippen LogP contribution >= 0.6 is 8.53 Å². The molecule has 3 saturated heterocycles. The van der Waals surface area contributed by atoms with E-state index in [4.69, 9.17) is 104 Å². The lowest BCUT2D eigenvalue weighted by Crippen LogP contribution is -2.66. The smallest absolute Gasteiger partial charge is 0.303 e. The van der Waals surface area contributed by atoms with Crippen LogP contribution in [0.25, 0.3) is 0 Å². The summed E-state index contributed by atoms with van der Waals surface area (Å²) >= 11 is 0. The third-order valence-corrected chi connectivity index (χ3v) is 20.6. The molecule has 0 bridgehead atoms. The van der Waals surface area contributed by atoms with E-state index in [0.717, 1.165) is 83.1 Å². The summed E-state index contributed by atoms with van der Waals surface area (Å²) < 4.78 is 121. The molecule has 0 aromatic rings. The Balaban J connectivity index is 1.86. The Morgan fingerprint density at radius 1 is 0.346 bits per heavy atom. The van der Waals surface area contributed by atoms with Gasteiger partial charge in [-0.25, -0.2) is 4.67 Å². The Labute approximate surface area is 771 Å². The van der Waals surface area contributed by atoms with Gasteiger partial charge in [-0.3, -0.25) is 86.3 Å². The topological polar surface area (TPSA) is 636 Å². The lowest BCUT2D eigenvalue weighted by atomic mass is 9.96. The van der Waals surface area contributed by atoms with Gasteiger partial charge in [-0.2, -0.15) is 5.26 Å². The average molecular weight is 1930 g/mol. The molecular weight excluding hydrogens is 1790 g/mol. The van der Waals surface area contributed by atoms with Gasteiger partial charge in [0.2, 0.25) is 53.2 Å². The van der Waals surface area contributed by atoms with Crippen molar-refractivity contribution in [3.05, 3.63) is 0 Å². The number of hydrogen-bond acceptors (Lipinski definition) is 41. The highest BCUT2D eigenvalue weighted by Gasteiger charge is 2.55. The van der Waals surface area contributed by atoms with Crippen LogP contribution in [0.3, 0.4) is 0 Å². The van der Waals surface area contributed by atoms with Crippen LogP contribution in [0.5, 0.6) is 0 Å². The molecule has 9 N–H and O–H groups in total. The number of carbonyl (C=O) groups is 18. The largest absolute Gasteiger partial charge is 0.463 e. The van der Waals surface area contributed by atoms with Gasteiger partial charge >= 0.3 is 53.7 Å². The third kappa shape index (κ3) is 48.6. The summed E-state index contributed by atoms with van der Waals surface area (Å²) in [4.78, 5) is 230. The van der Waals surface area contributed by atoms with Gasteiger partial charge in [-0.05, 0) is 47.0 Å². The first-order chi connectivity index (χ1) is 63.0. The van der Waals surface area contributed by atoms with Crippen molar-refractivity contribution in [2.45, 2.75) is 278 Å². The first-order valence-corrected chi connectivity index (χ1v) is 44.4. The van der Waals surface area contributed by atoms with E-state index in [1.807, 2.05) is 33.8 Å². The van der Waals surface area contributed by atoms with E-state index in [1.54, 1.807) is 0 Å². The van der Waals surface area contributed by atoms with Crippen molar-refractivity contribution in [2.24, 2.45) is 0 Å². The lowest BCUT2D eigenvalue weighted by molar-refractivity contribution is -0.279. The van der Waals surface area contributed by atoms with Gasteiger partial charge in [0.05, 0.1) is 98.4 Å². The molecule has 0 saturated carbocycles. The molecule has 754 valence electrons. The molecule has 3 fully saturated rings. The molecule has 18 atom stereocenters. The summed E-state index contributed by atoms with van der Waals surface area (Å²) in [6.45, 7) is 17.8.